The van der Waals surface area contributed by atoms with E-state index >= 15 is 0 Å². The van der Waals surface area contributed by atoms with E-state index in [1.54, 1.807) is 35.1 Å². The minimum Gasteiger partial charge on any atom is -0.361 e. The van der Waals surface area contributed by atoms with Crippen LogP contribution in [0.15, 0.2) is 36.7 Å². The number of aryl methyl sites for hydroxylation is 1. The molecule has 1 atom stereocenters. The van der Waals surface area contributed by atoms with Crippen molar-refractivity contribution in [3.8, 4) is 0 Å². The number of piperidine rings is 1. The van der Waals surface area contributed by atoms with Crippen LogP contribution in [0.2, 0.25) is 0 Å². The average Bonchev–Trinajstić information content (AvgIpc) is 2.70. The summed E-state index contributed by atoms with van der Waals surface area (Å²) in [6, 6.07) is 5.83. The molecular formula is C20H21FN4O3. The molecule has 7 nitrogen and oxygen atoms in total. The number of nitrogens with zero attached hydrogens (tertiary/aromatic N) is 4. The third-order valence-electron chi connectivity index (χ3n) is 5.19. The fourth-order valence-corrected chi connectivity index (χ4v) is 3.82. The van der Waals surface area contributed by atoms with Gasteiger partial charge in [0.1, 0.15) is 23.7 Å². The van der Waals surface area contributed by atoms with Gasteiger partial charge in [0.05, 0.1) is 25.0 Å². The second kappa shape index (κ2) is 7.27. The molecular weight excluding hydrogens is 363 g/mol. The van der Waals surface area contributed by atoms with Gasteiger partial charge < -0.3 is 14.5 Å². The Bertz CT molecular complexity index is 905. The maximum atomic E-state index is 13.2. The van der Waals surface area contributed by atoms with Crippen LogP contribution < -0.4 is 4.90 Å². The number of anilines is 1. The molecule has 2 aliphatic rings. The van der Waals surface area contributed by atoms with E-state index in [0.29, 0.717) is 36.7 Å². The zero-order valence-electron chi connectivity index (χ0n) is 15.6. The van der Waals surface area contributed by atoms with Crippen LogP contribution in [0.5, 0.6) is 0 Å². The van der Waals surface area contributed by atoms with Crippen molar-refractivity contribution in [2.75, 3.05) is 31.1 Å². The van der Waals surface area contributed by atoms with Gasteiger partial charge in [-0.05, 0) is 44.0 Å². The van der Waals surface area contributed by atoms with Gasteiger partial charge in [-0.3, -0.25) is 14.6 Å². The smallest absolute Gasteiger partial charge is 0.274 e. The van der Waals surface area contributed by atoms with Crippen molar-refractivity contribution < 1.29 is 18.7 Å². The lowest BCUT2D eigenvalue weighted by atomic mass is 9.90. The van der Waals surface area contributed by atoms with Crippen LogP contribution in [0.3, 0.4) is 0 Å². The highest BCUT2D eigenvalue weighted by molar-refractivity contribution is 5.95. The molecule has 8 heteroatoms. The largest absolute Gasteiger partial charge is 0.361 e. The normalized spacial score (nSPS) is 22.6. The average molecular weight is 384 g/mol. The molecule has 28 heavy (non-hydrogen) atoms. The Kier molecular flexibility index (Phi) is 4.80. The third-order valence-corrected chi connectivity index (χ3v) is 5.19. The van der Waals surface area contributed by atoms with Crippen molar-refractivity contribution in [2.45, 2.75) is 25.4 Å². The number of likely N-dealkylation sites (tertiary alicyclic amines) is 1. The van der Waals surface area contributed by atoms with Gasteiger partial charge in [-0.1, -0.05) is 0 Å². The number of benzene rings is 1. The maximum absolute atomic E-state index is 13.2. The Morgan fingerprint density at radius 3 is 2.75 bits per heavy atom. The molecule has 0 saturated carbocycles. The topological polar surface area (TPSA) is 75.6 Å². The Morgan fingerprint density at radius 2 is 2.00 bits per heavy atom. The summed E-state index contributed by atoms with van der Waals surface area (Å²) in [6.45, 7) is 3.01. The summed E-state index contributed by atoms with van der Waals surface area (Å²) < 4.78 is 19.2. The minimum absolute atomic E-state index is 0.0658. The Morgan fingerprint density at radius 1 is 1.21 bits per heavy atom. The van der Waals surface area contributed by atoms with Crippen LogP contribution in [0.25, 0.3) is 0 Å². The summed E-state index contributed by atoms with van der Waals surface area (Å²) in [5.74, 6) is -0.720. The van der Waals surface area contributed by atoms with E-state index in [0.717, 1.165) is 12.8 Å². The highest BCUT2D eigenvalue weighted by Crippen LogP contribution is 2.32. The van der Waals surface area contributed by atoms with Gasteiger partial charge in [0.15, 0.2) is 0 Å². The highest BCUT2D eigenvalue weighted by atomic mass is 19.1. The van der Waals surface area contributed by atoms with Crippen LogP contribution in [0.4, 0.5) is 10.1 Å². The van der Waals surface area contributed by atoms with Crippen molar-refractivity contribution in [1.82, 2.24) is 14.9 Å². The first-order valence-corrected chi connectivity index (χ1v) is 9.24. The van der Waals surface area contributed by atoms with Crippen molar-refractivity contribution in [1.29, 1.82) is 0 Å². The van der Waals surface area contributed by atoms with Crippen molar-refractivity contribution in [3.63, 3.8) is 0 Å². The second-order valence-corrected chi connectivity index (χ2v) is 7.30. The number of hydrogen-bond acceptors (Lipinski definition) is 5. The molecule has 0 bridgehead atoms. The van der Waals surface area contributed by atoms with E-state index < -0.39 is 5.60 Å². The van der Waals surface area contributed by atoms with E-state index in [4.69, 9.17) is 4.74 Å². The molecule has 1 spiro atoms. The molecule has 4 rings (SSSR count). The molecule has 1 aromatic carbocycles. The Hall–Kier alpha value is -2.87. The summed E-state index contributed by atoms with van der Waals surface area (Å²) in [5, 5.41) is 0. The van der Waals surface area contributed by atoms with Crippen molar-refractivity contribution in [2.24, 2.45) is 0 Å². The molecule has 0 aliphatic carbocycles. The molecule has 146 valence electrons. The number of carbonyl (C=O) groups is 2. The molecule has 2 amide bonds. The van der Waals surface area contributed by atoms with E-state index in [9.17, 15) is 14.0 Å². The fraction of sp³-hybridized carbons (Fsp3) is 0.400. The molecule has 0 N–H and O–H groups in total. The number of aromatic nitrogens is 2. The minimum atomic E-state index is -0.645. The standard InChI is InChI=1S/C20H21FN4O3/c1-14-9-22-10-17(23-14)19(27)24-8-2-7-20(12-24)13-25(18(26)11-28-20)16-5-3-15(21)4-6-16/h3-6,9-10H,2,7-8,11-13H2,1H3. The Balaban J connectivity index is 1.54. The van der Waals surface area contributed by atoms with Crippen LogP contribution in [-0.4, -0.2) is 58.5 Å². The number of ether oxygens (including phenoxy) is 1. The van der Waals surface area contributed by atoms with Gasteiger partial charge in [-0.2, -0.15) is 0 Å². The van der Waals surface area contributed by atoms with Gasteiger partial charge in [0, 0.05) is 18.4 Å². The molecule has 0 radical (unpaired) electrons. The van der Waals surface area contributed by atoms with Gasteiger partial charge in [0.2, 0.25) is 0 Å². The molecule has 2 saturated heterocycles. The van der Waals surface area contributed by atoms with Gasteiger partial charge in [-0.25, -0.2) is 9.37 Å². The van der Waals surface area contributed by atoms with Crippen LogP contribution in [0.1, 0.15) is 29.0 Å². The molecule has 2 aromatic rings. The zero-order chi connectivity index (χ0) is 19.7. The summed E-state index contributed by atoms with van der Waals surface area (Å²) in [5.41, 5.74) is 0.967. The molecule has 3 heterocycles. The monoisotopic (exact) mass is 384 g/mol. The Labute approximate surface area is 162 Å². The summed E-state index contributed by atoms with van der Waals surface area (Å²) >= 11 is 0. The van der Waals surface area contributed by atoms with E-state index in [1.165, 1.54) is 18.3 Å². The summed E-state index contributed by atoms with van der Waals surface area (Å²) in [4.78, 5) is 36.9. The highest BCUT2D eigenvalue weighted by Gasteiger charge is 2.44. The number of rotatable bonds is 2. The van der Waals surface area contributed by atoms with Gasteiger partial charge >= 0.3 is 0 Å². The molecule has 1 aromatic heterocycles. The SMILES string of the molecule is Cc1cncc(C(=O)N2CCCC3(C2)CN(c2ccc(F)cc2)C(=O)CO3)n1. The van der Waals surface area contributed by atoms with Crippen LogP contribution >= 0.6 is 0 Å². The summed E-state index contributed by atoms with van der Waals surface area (Å²) in [6.07, 6.45) is 4.56. The quantitative estimate of drug-likeness (QED) is 0.791. The second-order valence-electron chi connectivity index (χ2n) is 7.30. The third kappa shape index (κ3) is 3.60. The van der Waals surface area contributed by atoms with E-state index in [2.05, 4.69) is 9.97 Å². The van der Waals surface area contributed by atoms with Gasteiger partial charge in [0.25, 0.3) is 11.8 Å². The lowest BCUT2D eigenvalue weighted by molar-refractivity contribution is -0.144. The predicted molar refractivity (Wildman–Crippen MR) is 99.3 cm³/mol. The van der Waals surface area contributed by atoms with Crippen molar-refractivity contribution in [3.05, 3.63) is 53.9 Å². The number of morpholine rings is 1. The molecule has 1 unspecified atom stereocenters. The fourth-order valence-electron chi connectivity index (χ4n) is 3.82. The van der Waals surface area contributed by atoms with E-state index in [1.807, 2.05) is 0 Å². The van der Waals surface area contributed by atoms with Crippen LogP contribution in [-0.2, 0) is 9.53 Å². The van der Waals surface area contributed by atoms with Crippen molar-refractivity contribution >= 4 is 17.5 Å². The number of halogens is 1. The number of carbonyl (C=O) groups excluding carboxylic acids is 2. The number of amides is 2. The predicted octanol–water partition coefficient (Wildman–Crippen LogP) is 1.96. The lowest BCUT2D eigenvalue weighted by Gasteiger charge is -2.47. The zero-order valence-corrected chi connectivity index (χ0v) is 15.6. The maximum Gasteiger partial charge on any atom is 0.274 e. The summed E-state index contributed by atoms with van der Waals surface area (Å²) in [7, 11) is 0. The molecule has 2 aliphatic heterocycles. The lowest BCUT2D eigenvalue weighted by Crippen LogP contribution is -2.62. The first kappa shape index (κ1) is 18.5. The van der Waals surface area contributed by atoms with Crippen LogP contribution in [0, 0.1) is 12.7 Å². The van der Waals surface area contributed by atoms with E-state index in [-0.39, 0.29) is 24.2 Å². The molecule has 2 fully saturated rings. The first-order chi connectivity index (χ1) is 13.5. The number of hydrogen-bond donors (Lipinski definition) is 0. The first-order valence-electron chi connectivity index (χ1n) is 9.24. The van der Waals surface area contributed by atoms with Gasteiger partial charge in [-0.15, -0.1) is 0 Å².